The lowest BCUT2D eigenvalue weighted by atomic mass is 9.50. The molecule has 2 atom stereocenters. The van der Waals surface area contributed by atoms with E-state index in [9.17, 15) is 0 Å². The van der Waals surface area contributed by atoms with E-state index in [-0.39, 0.29) is 0 Å². The molecule has 0 amide bonds. The molecule has 1 heteroatoms. The first-order chi connectivity index (χ1) is 9.93. The van der Waals surface area contributed by atoms with Crippen LogP contribution < -0.4 is 0 Å². The Kier molecular flexibility index (Phi) is 2.65. The van der Waals surface area contributed by atoms with Crippen molar-refractivity contribution in [2.24, 2.45) is 11.3 Å². The summed E-state index contributed by atoms with van der Waals surface area (Å²) < 4.78 is 5.74. The van der Waals surface area contributed by atoms with E-state index in [1.54, 1.807) is 11.1 Å². The quantitative estimate of drug-likeness (QED) is 0.597. The van der Waals surface area contributed by atoms with E-state index in [0.717, 1.165) is 11.5 Å². The maximum absolute atomic E-state index is 5.74. The van der Waals surface area contributed by atoms with E-state index in [2.05, 4.69) is 39.8 Å². The van der Waals surface area contributed by atoms with Gasteiger partial charge in [0.1, 0.15) is 5.58 Å². The van der Waals surface area contributed by atoms with Gasteiger partial charge >= 0.3 is 0 Å². The molecular formula is C20H26O. The number of rotatable bonds is 0. The van der Waals surface area contributed by atoms with Gasteiger partial charge in [-0.2, -0.15) is 0 Å². The summed E-state index contributed by atoms with van der Waals surface area (Å²) in [6.45, 7) is 9.77. The van der Waals surface area contributed by atoms with Crippen LogP contribution in [0.2, 0.25) is 0 Å². The molecule has 1 nitrogen and oxygen atoms in total. The maximum Gasteiger partial charge on any atom is 0.134 e. The van der Waals surface area contributed by atoms with Gasteiger partial charge in [0.2, 0.25) is 0 Å². The molecule has 112 valence electrons. The summed E-state index contributed by atoms with van der Waals surface area (Å²) in [5.74, 6) is 0.804. The Morgan fingerprint density at radius 1 is 1.19 bits per heavy atom. The molecule has 1 aromatic carbocycles. The molecule has 0 radical (unpaired) electrons. The van der Waals surface area contributed by atoms with Crippen molar-refractivity contribution in [2.45, 2.75) is 65.2 Å². The average molecular weight is 282 g/mol. The number of aryl methyl sites for hydroxylation is 1. The topological polar surface area (TPSA) is 13.1 Å². The minimum atomic E-state index is 0.334. The van der Waals surface area contributed by atoms with Crippen molar-refractivity contribution in [3.8, 4) is 0 Å². The first kappa shape index (κ1) is 13.4. The van der Waals surface area contributed by atoms with Crippen LogP contribution in [-0.4, -0.2) is 0 Å². The van der Waals surface area contributed by atoms with Crippen molar-refractivity contribution in [2.75, 3.05) is 0 Å². The van der Waals surface area contributed by atoms with Gasteiger partial charge in [-0.05, 0) is 78.2 Å². The van der Waals surface area contributed by atoms with Gasteiger partial charge < -0.3 is 4.42 Å². The lowest BCUT2D eigenvalue weighted by Gasteiger charge is -2.54. The molecule has 0 aliphatic heterocycles. The molecule has 0 unspecified atom stereocenters. The molecule has 0 N–H and O–H groups in total. The Labute approximate surface area is 127 Å². The molecule has 0 bridgehead atoms. The van der Waals surface area contributed by atoms with Gasteiger partial charge in [-0.15, -0.1) is 0 Å². The minimum absolute atomic E-state index is 0.334. The normalized spacial score (nSPS) is 31.0. The van der Waals surface area contributed by atoms with Crippen LogP contribution >= 0.6 is 0 Å². The van der Waals surface area contributed by atoms with Gasteiger partial charge in [-0.3, -0.25) is 0 Å². The summed E-state index contributed by atoms with van der Waals surface area (Å²) in [7, 11) is 0. The van der Waals surface area contributed by atoms with Crippen LogP contribution in [0.5, 0.6) is 0 Å². The monoisotopic (exact) mass is 282 g/mol. The number of furan rings is 1. The lowest BCUT2D eigenvalue weighted by Crippen LogP contribution is -2.48. The summed E-state index contributed by atoms with van der Waals surface area (Å²) in [5, 5.41) is 1.31. The van der Waals surface area contributed by atoms with E-state index < -0.39 is 0 Å². The molecular weight excluding hydrogens is 256 g/mol. The molecule has 1 saturated carbocycles. The summed E-state index contributed by atoms with van der Waals surface area (Å²) in [5.41, 5.74) is 6.54. The zero-order chi connectivity index (χ0) is 14.8. The average Bonchev–Trinajstić information content (AvgIpc) is 2.87. The lowest BCUT2D eigenvalue weighted by molar-refractivity contribution is 0.0407. The van der Waals surface area contributed by atoms with E-state index in [4.69, 9.17) is 4.42 Å². The van der Waals surface area contributed by atoms with Gasteiger partial charge in [-0.25, -0.2) is 0 Å². The summed E-state index contributed by atoms with van der Waals surface area (Å²) >= 11 is 0. The highest BCUT2D eigenvalue weighted by atomic mass is 16.3. The number of hydrogen-bond acceptors (Lipinski definition) is 1. The highest BCUT2D eigenvalue weighted by Crippen LogP contribution is 2.57. The zero-order valence-electron chi connectivity index (χ0n) is 13.8. The predicted octanol–water partition coefficient (Wildman–Crippen LogP) is 5.77. The van der Waals surface area contributed by atoms with E-state index in [0.29, 0.717) is 10.8 Å². The molecule has 4 rings (SSSR count). The molecule has 0 spiro atoms. The van der Waals surface area contributed by atoms with Crippen molar-refractivity contribution >= 4 is 11.0 Å². The second-order valence-electron chi connectivity index (χ2n) is 8.21. The first-order valence-electron chi connectivity index (χ1n) is 8.44. The number of hydrogen-bond donors (Lipinski definition) is 0. The van der Waals surface area contributed by atoms with Crippen LogP contribution in [0.3, 0.4) is 0 Å². The highest BCUT2D eigenvalue weighted by Gasteiger charge is 2.50. The van der Waals surface area contributed by atoms with E-state index in [1.807, 2.05) is 6.26 Å². The van der Waals surface area contributed by atoms with E-state index in [1.165, 1.54) is 43.1 Å². The minimum Gasteiger partial charge on any atom is -0.464 e. The Morgan fingerprint density at radius 2 is 2.00 bits per heavy atom. The van der Waals surface area contributed by atoms with Crippen molar-refractivity contribution in [3.63, 3.8) is 0 Å². The molecule has 0 saturated heterocycles. The standard InChI is InChI=1S/C20H26O/c1-13-14-6-7-18-19(2,3)9-5-10-20(18,4)16(14)12-17-15(13)8-11-21-17/h8,11-12,18H,5-7,9-10H2,1-4H3/t18-,20+/m0/s1. The molecule has 2 aliphatic rings. The second-order valence-corrected chi connectivity index (χ2v) is 8.21. The molecule has 21 heavy (non-hydrogen) atoms. The molecule has 1 fully saturated rings. The fraction of sp³-hybridized carbons (Fsp3) is 0.600. The van der Waals surface area contributed by atoms with Crippen molar-refractivity contribution < 1.29 is 4.42 Å². The third-order valence-electron chi connectivity index (χ3n) is 6.68. The first-order valence-corrected chi connectivity index (χ1v) is 8.44. The SMILES string of the molecule is Cc1c2c(cc3occc13)[C@@]1(C)CCCC(C)(C)[C@@H]1CC2. The van der Waals surface area contributed by atoms with E-state index >= 15 is 0 Å². The van der Waals surface area contributed by atoms with Gasteiger partial charge in [0.15, 0.2) is 0 Å². The number of benzene rings is 1. The summed E-state index contributed by atoms with van der Waals surface area (Å²) in [6, 6.07) is 4.50. The van der Waals surface area contributed by atoms with Crippen molar-refractivity contribution in [3.05, 3.63) is 35.1 Å². The Bertz CT molecular complexity index is 706. The highest BCUT2D eigenvalue weighted by molar-refractivity contribution is 5.83. The van der Waals surface area contributed by atoms with Crippen LogP contribution in [0.1, 0.15) is 63.1 Å². The third kappa shape index (κ3) is 1.69. The smallest absolute Gasteiger partial charge is 0.134 e. The van der Waals surface area contributed by atoms with Crippen LogP contribution in [0.15, 0.2) is 22.8 Å². The van der Waals surface area contributed by atoms with Crippen molar-refractivity contribution in [1.29, 1.82) is 0 Å². The Balaban J connectivity index is 1.97. The van der Waals surface area contributed by atoms with Crippen LogP contribution in [0.4, 0.5) is 0 Å². The predicted molar refractivity (Wildman–Crippen MR) is 87.7 cm³/mol. The van der Waals surface area contributed by atoms with Gasteiger partial charge in [0.25, 0.3) is 0 Å². The maximum atomic E-state index is 5.74. The second kappa shape index (κ2) is 4.15. The van der Waals surface area contributed by atoms with Crippen LogP contribution in [-0.2, 0) is 11.8 Å². The fourth-order valence-electron chi connectivity index (χ4n) is 5.60. The molecule has 2 aromatic rings. The van der Waals surface area contributed by atoms with Crippen LogP contribution in [0.25, 0.3) is 11.0 Å². The van der Waals surface area contributed by atoms with Crippen LogP contribution in [0, 0.1) is 18.3 Å². The van der Waals surface area contributed by atoms with Gasteiger partial charge in [0, 0.05) is 5.39 Å². The summed E-state index contributed by atoms with van der Waals surface area (Å²) in [4.78, 5) is 0. The molecule has 2 aliphatic carbocycles. The Morgan fingerprint density at radius 3 is 2.81 bits per heavy atom. The van der Waals surface area contributed by atoms with Crippen molar-refractivity contribution in [1.82, 2.24) is 0 Å². The zero-order valence-corrected chi connectivity index (χ0v) is 13.8. The Hall–Kier alpha value is -1.24. The molecule has 1 aromatic heterocycles. The largest absolute Gasteiger partial charge is 0.464 e. The van der Waals surface area contributed by atoms with Gasteiger partial charge in [-0.1, -0.05) is 27.2 Å². The summed E-state index contributed by atoms with van der Waals surface area (Å²) in [6.07, 6.45) is 8.50. The number of fused-ring (bicyclic) bond motifs is 4. The third-order valence-corrected chi connectivity index (χ3v) is 6.68. The van der Waals surface area contributed by atoms with Gasteiger partial charge in [0.05, 0.1) is 6.26 Å². The fourth-order valence-corrected chi connectivity index (χ4v) is 5.60. The molecule has 1 heterocycles.